The molecule has 1 heterocycles. The minimum atomic E-state index is 0.892. The lowest BCUT2D eigenvalue weighted by molar-refractivity contribution is 0.414. The first kappa shape index (κ1) is 7.22. The number of hydrogen-bond donors (Lipinski definition) is 1. The Kier molecular flexibility index (Phi) is 1.74. The molecular formula is C10H11NO. The standard InChI is InChI=1S/C10H11NO/c1-12-10-3-2-8-4-5-11-7-9(8)6-10/h2-6,11H,7H2,1H3. The molecule has 2 nitrogen and oxygen atoms in total. The van der Waals surface area contributed by atoms with Crippen molar-refractivity contribution in [3.63, 3.8) is 0 Å². The molecule has 0 fully saturated rings. The Balaban J connectivity index is 2.44. The van der Waals surface area contributed by atoms with Gasteiger partial charge in [0.25, 0.3) is 0 Å². The van der Waals surface area contributed by atoms with E-state index in [1.165, 1.54) is 11.1 Å². The molecule has 12 heavy (non-hydrogen) atoms. The smallest absolute Gasteiger partial charge is 0.119 e. The highest BCUT2D eigenvalue weighted by Crippen LogP contribution is 2.20. The van der Waals surface area contributed by atoms with Gasteiger partial charge in [-0.1, -0.05) is 6.07 Å². The molecule has 0 bridgehead atoms. The highest BCUT2D eigenvalue weighted by molar-refractivity contribution is 5.57. The minimum Gasteiger partial charge on any atom is -0.497 e. The lowest BCUT2D eigenvalue weighted by Crippen LogP contribution is -2.09. The lowest BCUT2D eigenvalue weighted by atomic mass is 10.1. The van der Waals surface area contributed by atoms with Gasteiger partial charge in [0, 0.05) is 6.54 Å². The quantitative estimate of drug-likeness (QED) is 0.677. The number of hydrogen-bond acceptors (Lipinski definition) is 2. The molecule has 0 saturated heterocycles. The molecule has 1 aliphatic heterocycles. The maximum Gasteiger partial charge on any atom is 0.119 e. The topological polar surface area (TPSA) is 21.3 Å². The molecule has 62 valence electrons. The molecule has 2 heteroatoms. The molecule has 1 aromatic carbocycles. The van der Waals surface area contributed by atoms with Crippen LogP contribution in [0.3, 0.4) is 0 Å². The molecule has 1 N–H and O–H groups in total. The molecule has 0 atom stereocenters. The maximum absolute atomic E-state index is 5.13. The predicted molar refractivity (Wildman–Crippen MR) is 48.9 cm³/mol. The van der Waals surface area contributed by atoms with Gasteiger partial charge in [0.2, 0.25) is 0 Å². The number of benzene rings is 1. The first-order valence-electron chi connectivity index (χ1n) is 3.97. The summed E-state index contributed by atoms with van der Waals surface area (Å²) >= 11 is 0. The van der Waals surface area contributed by atoms with Crippen molar-refractivity contribution in [1.82, 2.24) is 5.32 Å². The molecule has 0 radical (unpaired) electrons. The Morgan fingerprint density at radius 3 is 3.17 bits per heavy atom. The van der Waals surface area contributed by atoms with E-state index in [9.17, 15) is 0 Å². The molecular weight excluding hydrogens is 150 g/mol. The Bertz CT molecular complexity index is 318. The summed E-state index contributed by atoms with van der Waals surface area (Å²) in [6.07, 6.45) is 4.03. The van der Waals surface area contributed by atoms with Gasteiger partial charge in [0.15, 0.2) is 0 Å². The maximum atomic E-state index is 5.13. The van der Waals surface area contributed by atoms with Crippen LogP contribution in [0.1, 0.15) is 11.1 Å². The fourth-order valence-corrected chi connectivity index (χ4v) is 1.34. The first-order valence-corrected chi connectivity index (χ1v) is 3.97. The highest BCUT2D eigenvalue weighted by atomic mass is 16.5. The van der Waals surface area contributed by atoms with Gasteiger partial charge >= 0.3 is 0 Å². The molecule has 0 spiro atoms. The summed E-state index contributed by atoms with van der Waals surface area (Å²) in [7, 11) is 1.69. The number of methoxy groups -OCH3 is 1. The summed E-state index contributed by atoms with van der Waals surface area (Å²) in [5.74, 6) is 0.922. The van der Waals surface area contributed by atoms with Crippen molar-refractivity contribution in [3.8, 4) is 5.75 Å². The van der Waals surface area contributed by atoms with Gasteiger partial charge < -0.3 is 10.1 Å². The van der Waals surface area contributed by atoms with Crippen LogP contribution in [0.5, 0.6) is 5.75 Å². The monoisotopic (exact) mass is 161 g/mol. The third kappa shape index (κ3) is 1.16. The van der Waals surface area contributed by atoms with Gasteiger partial charge in [0.1, 0.15) is 5.75 Å². The number of nitrogens with one attached hydrogen (secondary N) is 1. The van der Waals surface area contributed by atoms with Crippen molar-refractivity contribution in [2.75, 3.05) is 7.11 Å². The van der Waals surface area contributed by atoms with Crippen molar-refractivity contribution in [2.24, 2.45) is 0 Å². The van der Waals surface area contributed by atoms with Crippen LogP contribution >= 0.6 is 0 Å². The van der Waals surface area contributed by atoms with Gasteiger partial charge in [-0.2, -0.15) is 0 Å². The minimum absolute atomic E-state index is 0.892. The van der Waals surface area contributed by atoms with Crippen LogP contribution in [0, 0.1) is 0 Å². The normalized spacial score (nSPS) is 13.4. The highest BCUT2D eigenvalue weighted by Gasteiger charge is 2.03. The lowest BCUT2D eigenvalue weighted by Gasteiger charge is -2.12. The molecule has 2 rings (SSSR count). The van der Waals surface area contributed by atoms with E-state index in [4.69, 9.17) is 4.74 Å². The van der Waals surface area contributed by atoms with Crippen LogP contribution in [-0.4, -0.2) is 7.11 Å². The number of ether oxygens (including phenoxy) is 1. The Morgan fingerprint density at radius 2 is 2.33 bits per heavy atom. The molecule has 0 aliphatic carbocycles. The second-order valence-corrected chi connectivity index (χ2v) is 2.78. The Labute approximate surface area is 71.9 Å². The number of fused-ring (bicyclic) bond motifs is 1. The van der Waals surface area contributed by atoms with E-state index < -0.39 is 0 Å². The van der Waals surface area contributed by atoms with Gasteiger partial charge in [-0.25, -0.2) is 0 Å². The Morgan fingerprint density at radius 1 is 1.42 bits per heavy atom. The second kappa shape index (κ2) is 2.89. The van der Waals surface area contributed by atoms with E-state index in [0.717, 1.165) is 12.3 Å². The molecule has 0 amide bonds. The number of rotatable bonds is 1. The summed E-state index contributed by atoms with van der Waals surface area (Å²) < 4.78 is 5.13. The van der Waals surface area contributed by atoms with Crippen LogP contribution in [0.2, 0.25) is 0 Å². The predicted octanol–water partition coefficient (Wildman–Crippen LogP) is 1.77. The second-order valence-electron chi connectivity index (χ2n) is 2.78. The largest absolute Gasteiger partial charge is 0.497 e. The van der Waals surface area contributed by atoms with Gasteiger partial charge in [0.05, 0.1) is 7.11 Å². The van der Waals surface area contributed by atoms with Crippen LogP contribution < -0.4 is 10.1 Å². The van der Waals surface area contributed by atoms with Crippen LogP contribution in [0.25, 0.3) is 6.08 Å². The SMILES string of the molecule is COc1ccc2c(c1)CNC=C2. The molecule has 0 saturated carbocycles. The van der Waals surface area contributed by atoms with Crippen LogP contribution in [-0.2, 0) is 6.54 Å². The summed E-state index contributed by atoms with van der Waals surface area (Å²) in [5.41, 5.74) is 2.56. The van der Waals surface area contributed by atoms with E-state index in [2.05, 4.69) is 23.5 Å². The van der Waals surface area contributed by atoms with Crippen LogP contribution in [0.15, 0.2) is 24.4 Å². The van der Waals surface area contributed by atoms with Crippen molar-refractivity contribution >= 4 is 6.08 Å². The van der Waals surface area contributed by atoms with Crippen molar-refractivity contribution < 1.29 is 4.74 Å². The zero-order valence-electron chi connectivity index (χ0n) is 7.00. The van der Waals surface area contributed by atoms with Gasteiger partial charge in [-0.05, 0) is 35.5 Å². The van der Waals surface area contributed by atoms with Crippen molar-refractivity contribution in [2.45, 2.75) is 6.54 Å². The van der Waals surface area contributed by atoms with Gasteiger partial charge in [-0.3, -0.25) is 0 Å². The summed E-state index contributed by atoms with van der Waals surface area (Å²) in [5, 5.41) is 3.16. The first-order chi connectivity index (χ1) is 5.90. The average Bonchev–Trinajstić information content (AvgIpc) is 2.17. The van der Waals surface area contributed by atoms with E-state index >= 15 is 0 Å². The summed E-state index contributed by atoms with van der Waals surface area (Å²) in [6.45, 7) is 0.892. The van der Waals surface area contributed by atoms with E-state index in [1.807, 2.05) is 12.3 Å². The zero-order valence-corrected chi connectivity index (χ0v) is 7.00. The zero-order chi connectivity index (χ0) is 8.39. The Hall–Kier alpha value is -1.44. The van der Waals surface area contributed by atoms with E-state index in [0.29, 0.717) is 0 Å². The average molecular weight is 161 g/mol. The molecule has 0 aromatic heterocycles. The van der Waals surface area contributed by atoms with Gasteiger partial charge in [-0.15, -0.1) is 0 Å². The third-order valence-corrected chi connectivity index (χ3v) is 2.02. The van der Waals surface area contributed by atoms with E-state index in [-0.39, 0.29) is 0 Å². The van der Waals surface area contributed by atoms with E-state index in [1.54, 1.807) is 7.11 Å². The third-order valence-electron chi connectivity index (χ3n) is 2.02. The molecule has 0 unspecified atom stereocenters. The fourth-order valence-electron chi connectivity index (χ4n) is 1.34. The van der Waals surface area contributed by atoms with Crippen molar-refractivity contribution in [1.29, 1.82) is 0 Å². The fraction of sp³-hybridized carbons (Fsp3) is 0.200. The summed E-state index contributed by atoms with van der Waals surface area (Å²) in [6, 6.07) is 6.12. The van der Waals surface area contributed by atoms with Crippen LogP contribution in [0.4, 0.5) is 0 Å². The summed E-state index contributed by atoms with van der Waals surface area (Å²) in [4.78, 5) is 0. The van der Waals surface area contributed by atoms with Crippen molar-refractivity contribution in [3.05, 3.63) is 35.5 Å². The molecule has 1 aromatic rings. The molecule has 1 aliphatic rings.